The van der Waals surface area contributed by atoms with Gasteiger partial charge in [-0.15, -0.1) is 5.92 Å². The maximum atomic E-state index is 14.7. The van der Waals surface area contributed by atoms with Crippen molar-refractivity contribution in [3.05, 3.63) is 29.1 Å². The number of ether oxygens (including phenoxy) is 1. The van der Waals surface area contributed by atoms with Crippen LogP contribution in [0.5, 0.6) is 5.75 Å². The molecule has 1 aromatic rings. The van der Waals surface area contributed by atoms with E-state index in [4.69, 9.17) is 4.74 Å². The molecule has 0 atom stereocenters. The first-order valence-electron chi connectivity index (χ1n) is 7.72. The summed E-state index contributed by atoms with van der Waals surface area (Å²) in [5.41, 5.74) is 0.260. The molecule has 2 fully saturated rings. The maximum Gasteiger partial charge on any atom is 0.258 e. The van der Waals surface area contributed by atoms with E-state index in [1.807, 2.05) is 13.8 Å². The molecule has 24 heavy (non-hydrogen) atoms. The number of methoxy groups -OCH3 is 1. The highest BCUT2D eigenvalue weighted by Crippen LogP contribution is 2.41. The third-order valence-electron chi connectivity index (χ3n) is 4.32. The third-order valence-corrected chi connectivity index (χ3v) is 4.32. The highest BCUT2D eigenvalue weighted by molar-refractivity contribution is 6.11. The molecule has 0 unspecified atom stereocenters. The molecular formula is C18H19FN2O3. The van der Waals surface area contributed by atoms with E-state index in [0.29, 0.717) is 18.7 Å². The lowest BCUT2D eigenvalue weighted by Crippen LogP contribution is -2.33. The molecule has 0 aromatic heterocycles. The van der Waals surface area contributed by atoms with Gasteiger partial charge in [0.05, 0.1) is 12.7 Å². The van der Waals surface area contributed by atoms with E-state index in [2.05, 4.69) is 11.8 Å². The van der Waals surface area contributed by atoms with Crippen molar-refractivity contribution in [2.45, 2.75) is 26.7 Å². The molecule has 1 aromatic carbocycles. The van der Waals surface area contributed by atoms with E-state index < -0.39 is 23.5 Å². The first-order valence-corrected chi connectivity index (χ1v) is 7.72. The Balaban J connectivity index is 2.05. The van der Waals surface area contributed by atoms with Gasteiger partial charge in [0.25, 0.3) is 11.8 Å². The highest BCUT2D eigenvalue weighted by atomic mass is 19.1. The van der Waals surface area contributed by atoms with Crippen LogP contribution in [0.3, 0.4) is 0 Å². The quantitative estimate of drug-likeness (QED) is 0.615. The Bertz CT molecular complexity index is 765. The molecule has 2 aliphatic heterocycles. The van der Waals surface area contributed by atoms with Crippen LogP contribution in [0.4, 0.5) is 4.39 Å². The molecule has 0 N–H and O–H groups in total. The number of carbonyl (C=O) groups is 2. The van der Waals surface area contributed by atoms with E-state index in [1.165, 1.54) is 23.2 Å². The maximum absolute atomic E-state index is 14.7. The Morgan fingerprint density at radius 3 is 2.29 bits per heavy atom. The fourth-order valence-corrected chi connectivity index (χ4v) is 3.33. The molecule has 2 saturated heterocycles. The minimum Gasteiger partial charge on any atom is -0.496 e. The van der Waals surface area contributed by atoms with E-state index in [-0.39, 0.29) is 16.7 Å². The van der Waals surface area contributed by atoms with Gasteiger partial charge in [0.2, 0.25) is 0 Å². The smallest absolute Gasteiger partial charge is 0.258 e. The molecule has 6 heteroatoms. The second-order valence-corrected chi connectivity index (χ2v) is 6.84. The van der Waals surface area contributed by atoms with Crippen molar-refractivity contribution in [2.75, 3.05) is 20.2 Å². The number of carbonyl (C=O) groups excluding carboxylic acids is 2. The average Bonchev–Trinajstić information content (AvgIpc) is 2.94. The van der Waals surface area contributed by atoms with Gasteiger partial charge in [-0.1, -0.05) is 19.8 Å². The largest absolute Gasteiger partial charge is 0.496 e. The van der Waals surface area contributed by atoms with Crippen LogP contribution in [0.1, 0.15) is 37.8 Å². The molecule has 3 rings (SSSR count). The lowest BCUT2D eigenvalue weighted by atomic mass is 9.91. The van der Waals surface area contributed by atoms with Gasteiger partial charge < -0.3 is 4.74 Å². The summed E-state index contributed by atoms with van der Waals surface area (Å²) in [6.45, 7) is 6.50. The van der Waals surface area contributed by atoms with Crippen LogP contribution in [-0.2, 0) is 9.59 Å². The summed E-state index contributed by atoms with van der Waals surface area (Å²) in [7, 11) is 1.38. The SMILES string of the molecule is CC#Cc1cc(F)c(C2C(=O)N3CC(C)(C)CN3C2=O)c(OC)c1. The molecule has 0 saturated carbocycles. The Morgan fingerprint density at radius 1 is 1.21 bits per heavy atom. The minimum absolute atomic E-state index is 0.0126. The number of benzene rings is 1. The van der Waals surface area contributed by atoms with Crippen LogP contribution < -0.4 is 4.74 Å². The van der Waals surface area contributed by atoms with E-state index in [1.54, 1.807) is 13.0 Å². The summed E-state index contributed by atoms with van der Waals surface area (Å²) in [6.07, 6.45) is 0. The normalized spacial score (nSPS) is 19.4. The summed E-state index contributed by atoms with van der Waals surface area (Å²) in [5.74, 6) is 2.95. The van der Waals surface area contributed by atoms with Crippen LogP contribution in [0, 0.1) is 23.1 Å². The van der Waals surface area contributed by atoms with Crippen molar-refractivity contribution in [1.82, 2.24) is 10.0 Å². The summed E-state index contributed by atoms with van der Waals surface area (Å²) >= 11 is 0. The zero-order valence-corrected chi connectivity index (χ0v) is 14.1. The number of hydrogen-bond donors (Lipinski definition) is 0. The third kappa shape index (κ3) is 2.41. The first kappa shape index (κ1) is 16.3. The van der Waals surface area contributed by atoms with Crippen LogP contribution >= 0.6 is 0 Å². The number of nitrogens with zero attached hydrogens (tertiary/aromatic N) is 2. The predicted molar refractivity (Wildman–Crippen MR) is 85.5 cm³/mol. The van der Waals surface area contributed by atoms with Gasteiger partial charge in [-0.3, -0.25) is 9.59 Å². The number of rotatable bonds is 2. The Hall–Kier alpha value is -2.55. The van der Waals surface area contributed by atoms with Crippen molar-refractivity contribution in [1.29, 1.82) is 0 Å². The summed E-state index contributed by atoms with van der Waals surface area (Å²) in [5, 5.41) is 2.84. The first-order chi connectivity index (χ1) is 11.3. The van der Waals surface area contributed by atoms with E-state index in [0.717, 1.165) is 0 Å². The predicted octanol–water partition coefficient (Wildman–Crippen LogP) is 1.91. The molecule has 0 radical (unpaired) electrons. The molecule has 5 nitrogen and oxygen atoms in total. The van der Waals surface area contributed by atoms with Crippen molar-refractivity contribution in [3.8, 4) is 17.6 Å². The second kappa shape index (κ2) is 5.52. The topological polar surface area (TPSA) is 49.9 Å². The number of fused-ring (bicyclic) bond motifs is 1. The molecule has 2 aliphatic rings. The zero-order chi connectivity index (χ0) is 17.6. The molecular weight excluding hydrogens is 311 g/mol. The fourth-order valence-electron chi connectivity index (χ4n) is 3.33. The van der Waals surface area contributed by atoms with Crippen molar-refractivity contribution in [3.63, 3.8) is 0 Å². The summed E-state index contributed by atoms with van der Waals surface area (Å²) < 4.78 is 19.9. The molecule has 0 bridgehead atoms. The van der Waals surface area contributed by atoms with Crippen molar-refractivity contribution in [2.24, 2.45) is 5.41 Å². The van der Waals surface area contributed by atoms with Gasteiger partial charge >= 0.3 is 0 Å². The number of halogens is 1. The van der Waals surface area contributed by atoms with Gasteiger partial charge in [-0.2, -0.15) is 0 Å². The van der Waals surface area contributed by atoms with Gasteiger partial charge in [0.15, 0.2) is 5.92 Å². The molecule has 2 amide bonds. The van der Waals surface area contributed by atoms with Crippen LogP contribution in [0.2, 0.25) is 0 Å². The molecule has 2 heterocycles. The monoisotopic (exact) mass is 330 g/mol. The minimum atomic E-state index is -1.19. The number of amides is 2. The highest BCUT2D eigenvalue weighted by Gasteiger charge is 2.54. The van der Waals surface area contributed by atoms with Gasteiger partial charge in [0, 0.05) is 24.1 Å². The molecule has 0 spiro atoms. The molecule has 126 valence electrons. The van der Waals surface area contributed by atoms with E-state index >= 15 is 0 Å². The molecule has 0 aliphatic carbocycles. The van der Waals surface area contributed by atoms with Gasteiger partial charge in [0.1, 0.15) is 11.6 Å². The van der Waals surface area contributed by atoms with Crippen LogP contribution in [0.25, 0.3) is 0 Å². The Morgan fingerprint density at radius 2 is 1.79 bits per heavy atom. The Kier molecular flexibility index (Phi) is 3.75. The Labute approximate surface area is 140 Å². The summed E-state index contributed by atoms with van der Waals surface area (Å²) in [6, 6.07) is 2.79. The van der Waals surface area contributed by atoms with Crippen molar-refractivity contribution < 1.29 is 18.7 Å². The van der Waals surface area contributed by atoms with Gasteiger partial charge in [-0.25, -0.2) is 14.4 Å². The number of hydrogen-bond acceptors (Lipinski definition) is 3. The number of hydrazine groups is 1. The fraction of sp³-hybridized carbons (Fsp3) is 0.444. The van der Waals surface area contributed by atoms with Crippen LogP contribution in [-0.4, -0.2) is 42.0 Å². The second-order valence-electron chi connectivity index (χ2n) is 6.84. The van der Waals surface area contributed by atoms with E-state index in [9.17, 15) is 14.0 Å². The average molecular weight is 330 g/mol. The van der Waals surface area contributed by atoms with Gasteiger partial charge in [-0.05, 0) is 19.1 Å². The van der Waals surface area contributed by atoms with Crippen LogP contribution in [0.15, 0.2) is 12.1 Å². The van der Waals surface area contributed by atoms with Crippen molar-refractivity contribution >= 4 is 11.8 Å². The lowest BCUT2D eigenvalue weighted by Gasteiger charge is -2.18. The lowest BCUT2D eigenvalue weighted by molar-refractivity contribution is -0.141. The standard InChI is InChI=1S/C18H19FN2O3/c1-5-6-11-7-12(19)14(13(8-11)24-4)15-16(22)20-9-18(2,3)10-21(20)17(15)23/h7-8,15H,9-10H2,1-4H3. The zero-order valence-electron chi connectivity index (χ0n) is 14.1. The summed E-state index contributed by atoms with van der Waals surface area (Å²) in [4.78, 5) is 25.5.